The summed E-state index contributed by atoms with van der Waals surface area (Å²) >= 11 is 0. The zero-order valence-corrected chi connectivity index (χ0v) is 10.9. The highest BCUT2D eigenvalue weighted by Crippen LogP contribution is 2.34. The van der Waals surface area contributed by atoms with Crippen LogP contribution in [0.3, 0.4) is 0 Å². The SMILES string of the molecule is COc1ccc(N2CCCC2CCCO)c(N)c1. The van der Waals surface area contributed by atoms with Gasteiger partial charge in [0.05, 0.1) is 18.5 Å². The van der Waals surface area contributed by atoms with Crippen LogP contribution in [0.5, 0.6) is 5.75 Å². The van der Waals surface area contributed by atoms with Gasteiger partial charge in [-0.15, -0.1) is 0 Å². The number of benzene rings is 1. The highest BCUT2D eigenvalue weighted by atomic mass is 16.5. The summed E-state index contributed by atoms with van der Waals surface area (Å²) in [7, 11) is 1.65. The normalized spacial score (nSPS) is 19.2. The van der Waals surface area contributed by atoms with Crippen molar-refractivity contribution in [1.29, 1.82) is 0 Å². The van der Waals surface area contributed by atoms with Crippen molar-refractivity contribution in [2.24, 2.45) is 0 Å². The third-order valence-corrected chi connectivity index (χ3v) is 3.62. The number of ether oxygens (including phenoxy) is 1. The maximum absolute atomic E-state index is 8.95. The van der Waals surface area contributed by atoms with Crippen molar-refractivity contribution in [2.45, 2.75) is 31.7 Å². The van der Waals surface area contributed by atoms with Gasteiger partial charge in [-0.2, -0.15) is 0 Å². The minimum Gasteiger partial charge on any atom is -0.497 e. The third kappa shape index (κ3) is 2.70. The Hall–Kier alpha value is -1.42. The highest BCUT2D eigenvalue weighted by Gasteiger charge is 2.25. The molecule has 1 aromatic rings. The molecular weight excluding hydrogens is 228 g/mol. The van der Waals surface area contributed by atoms with E-state index in [4.69, 9.17) is 15.6 Å². The Balaban J connectivity index is 2.14. The zero-order valence-electron chi connectivity index (χ0n) is 10.9. The van der Waals surface area contributed by atoms with Crippen LogP contribution >= 0.6 is 0 Å². The predicted octanol–water partition coefficient (Wildman–Crippen LogP) is 2.02. The van der Waals surface area contributed by atoms with Crippen LogP contribution in [-0.4, -0.2) is 31.4 Å². The number of hydrogen-bond donors (Lipinski definition) is 2. The molecule has 1 aliphatic rings. The molecule has 0 radical (unpaired) electrons. The van der Waals surface area contributed by atoms with Gasteiger partial charge in [-0.1, -0.05) is 0 Å². The van der Waals surface area contributed by atoms with E-state index >= 15 is 0 Å². The summed E-state index contributed by atoms with van der Waals surface area (Å²) in [6, 6.07) is 6.36. The van der Waals surface area contributed by atoms with E-state index in [1.807, 2.05) is 18.2 Å². The monoisotopic (exact) mass is 250 g/mol. The van der Waals surface area contributed by atoms with E-state index in [0.717, 1.165) is 36.5 Å². The van der Waals surface area contributed by atoms with E-state index in [-0.39, 0.29) is 6.61 Å². The fourth-order valence-corrected chi connectivity index (χ4v) is 2.70. The lowest BCUT2D eigenvalue weighted by Crippen LogP contribution is -2.30. The molecular formula is C14H22N2O2. The minimum atomic E-state index is 0.266. The summed E-state index contributed by atoms with van der Waals surface area (Å²) in [5, 5.41) is 8.95. The van der Waals surface area contributed by atoms with Gasteiger partial charge in [-0.3, -0.25) is 0 Å². The molecule has 1 saturated heterocycles. The lowest BCUT2D eigenvalue weighted by Gasteiger charge is -2.28. The summed E-state index contributed by atoms with van der Waals surface area (Å²) in [5.74, 6) is 0.794. The molecule has 1 aromatic carbocycles. The van der Waals surface area contributed by atoms with E-state index in [0.29, 0.717) is 6.04 Å². The maximum atomic E-state index is 8.95. The molecule has 1 fully saturated rings. The molecule has 100 valence electrons. The van der Waals surface area contributed by atoms with Crippen LogP contribution in [0.4, 0.5) is 11.4 Å². The molecule has 0 aliphatic carbocycles. The summed E-state index contributed by atoms with van der Waals surface area (Å²) in [5.41, 5.74) is 7.96. The number of methoxy groups -OCH3 is 1. The molecule has 0 spiro atoms. The Morgan fingerprint density at radius 2 is 2.33 bits per heavy atom. The molecule has 2 rings (SSSR count). The van der Waals surface area contributed by atoms with E-state index < -0.39 is 0 Å². The average Bonchev–Trinajstić information content (AvgIpc) is 2.84. The summed E-state index contributed by atoms with van der Waals surface area (Å²) in [6.45, 7) is 1.31. The van der Waals surface area contributed by atoms with Crippen molar-refractivity contribution < 1.29 is 9.84 Å². The molecule has 3 N–H and O–H groups in total. The number of nitrogens with two attached hydrogens (primary N) is 1. The van der Waals surface area contributed by atoms with E-state index in [9.17, 15) is 0 Å². The number of nitrogen functional groups attached to an aromatic ring is 1. The largest absolute Gasteiger partial charge is 0.497 e. The lowest BCUT2D eigenvalue weighted by molar-refractivity contribution is 0.279. The first kappa shape index (κ1) is 13.0. The van der Waals surface area contributed by atoms with Gasteiger partial charge >= 0.3 is 0 Å². The lowest BCUT2D eigenvalue weighted by atomic mass is 10.1. The number of hydrogen-bond acceptors (Lipinski definition) is 4. The quantitative estimate of drug-likeness (QED) is 0.785. The fourth-order valence-electron chi connectivity index (χ4n) is 2.70. The van der Waals surface area contributed by atoms with Crippen LogP contribution in [0.1, 0.15) is 25.7 Å². The second-order valence-electron chi connectivity index (χ2n) is 4.78. The molecule has 0 amide bonds. The molecule has 1 atom stereocenters. The molecule has 1 aliphatic heterocycles. The van der Waals surface area contributed by atoms with Crippen molar-refractivity contribution in [3.63, 3.8) is 0 Å². The summed E-state index contributed by atoms with van der Waals surface area (Å²) < 4.78 is 5.17. The molecule has 1 heterocycles. The Bertz CT molecular complexity index is 395. The minimum absolute atomic E-state index is 0.266. The molecule has 0 bridgehead atoms. The number of nitrogens with zero attached hydrogens (tertiary/aromatic N) is 1. The van der Waals surface area contributed by atoms with Crippen molar-refractivity contribution in [1.82, 2.24) is 0 Å². The van der Waals surface area contributed by atoms with Gasteiger partial charge in [0, 0.05) is 25.3 Å². The van der Waals surface area contributed by atoms with Crippen LogP contribution in [0, 0.1) is 0 Å². The number of aliphatic hydroxyl groups excluding tert-OH is 1. The van der Waals surface area contributed by atoms with Crippen molar-refractivity contribution >= 4 is 11.4 Å². The van der Waals surface area contributed by atoms with Gasteiger partial charge in [0.25, 0.3) is 0 Å². The standard InChI is InChI=1S/C14H22N2O2/c1-18-12-6-7-14(13(15)10-12)16-8-2-4-11(16)5-3-9-17/h6-7,10-11,17H,2-5,8-9,15H2,1H3. The van der Waals surface area contributed by atoms with Crippen LogP contribution in [0.2, 0.25) is 0 Å². The maximum Gasteiger partial charge on any atom is 0.121 e. The van der Waals surface area contributed by atoms with Crippen molar-refractivity contribution in [3.05, 3.63) is 18.2 Å². The second kappa shape index (κ2) is 5.96. The third-order valence-electron chi connectivity index (χ3n) is 3.62. The number of anilines is 2. The van der Waals surface area contributed by atoms with E-state index in [1.54, 1.807) is 7.11 Å². The molecule has 1 unspecified atom stereocenters. The number of aliphatic hydroxyl groups is 1. The van der Waals surface area contributed by atoms with Crippen molar-refractivity contribution in [2.75, 3.05) is 30.9 Å². The highest BCUT2D eigenvalue weighted by molar-refractivity contribution is 5.70. The Morgan fingerprint density at radius 1 is 1.50 bits per heavy atom. The zero-order chi connectivity index (χ0) is 13.0. The van der Waals surface area contributed by atoms with E-state index in [1.165, 1.54) is 12.8 Å². The fraction of sp³-hybridized carbons (Fsp3) is 0.571. The Kier molecular flexibility index (Phi) is 4.31. The van der Waals surface area contributed by atoms with Gasteiger partial charge in [-0.25, -0.2) is 0 Å². The average molecular weight is 250 g/mol. The van der Waals surface area contributed by atoms with Crippen LogP contribution in [0.25, 0.3) is 0 Å². The summed E-state index contributed by atoms with van der Waals surface area (Å²) in [6.07, 6.45) is 4.27. The van der Waals surface area contributed by atoms with Crippen LogP contribution in [0.15, 0.2) is 18.2 Å². The van der Waals surface area contributed by atoms with Gasteiger partial charge in [0.1, 0.15) is 5.75 Å². The Labute approximate surface area is 108 Å². The first-order chi connectivity index (χ1) is 8.76. The smallest absolute Gasteiger partial charge is 0.121 e. The Morgan fingerprint density at radius 3 is 3.00 bits per heavy atom. The molecule has 4 nitrogen and oxygen atoms in total. The van der Waals surface area contributed by atoms with Gasteiger partial charge < -0.3 is 20.5 Å². The summed E-state index contributed by atoms with van der Waals surface area (Å²) in [4.78, 5) is 2.37. The molecule has 0 saturated carbocycles. The number of rotatable bonds is 5. The van der Waals surface area contributed by atoms with Gasteiger partial charge in [-0.05, 0) is 37.8 Å². The predicted molar refractivity (Wildman–Crippen MR) is 74.1 cm³/mol. The molecule has 4 heteroatoms. The topological polar surface area (TPSA) is 58.7 Å². The van der Waals surface area contributed by atoms with Crippen LogP contribution < -0.4 is 15.4 Å². The van der Waals surface area contributed by atoms with Gasteiger partial charge in [0.2, 0.25) is 0 Å². The molecule has 18 heavy (non-hydrogen) atoms. The first-order valence-corrected chi connectivity index (χ1v) is 6.57. The van der Waals surface area contributed by atoms with Gasteiger partial charge in [0.15, 0.2) is 0 Å². The van der Waals surface area contributed by atoms with E-state index in [2.05, 4.69) is 4.90 Å². The first-order valence-electron chi connectivity index (χ1n) is 6.57. The van der Waals surface area contributed by atoms with Crippen LogP contribution in [-0.2, 0) is 0 Å². The van der Waals surface area contributed by atoms with Crippen molar-refractivity contribution in [3.8, 4) is 5.75 Å². The second-order valence-corrected chi connectivity index (χ2v) is 4.78. The molecule has 0 aromatic heterocycles.